The summed E-state index contributed by atoms with van der Waals surface area (Å²) < 4.78 is 59.8. The lowest BCUT2D eigenvalue weighted by Gasteiger charge is -2.06. The van der Waals surface area contributed by atoms with Crippen molar-refractivity contribution in [3.63, 3.8) is 0 Å². The Balaban J connectivity index is 2.80. The summed E-state index contributed by atoms with van der Waals surface area (Å²) in [6.07, 6.45) is 1.46. The second-order valence-electron chi connectivity index (χ2n) is 3.68. The van der Waals surface area contributed by atoms with Crippen LogP contribution in [0.15, 0.2) is 18.3 Å². The van der Waals surface area contributed by atoms with Crippen molar-refractivity contribution in [2.75, 3.05) is 11.5 Å². The first-order valence-corrected chi connectivity index (χ1v) is 8.22. The van der Waals surface area contributed by atoms with Gasteiger partial charge >= 0.3 is 0 Å². The van der Waals surface area contributed by atoms with Crippen LogP contribution >= 0.6 is 0 Å². The minimum Gasteiger partial charge on any atom is -0.286 e. The number of aryl methyl sites for hydroxylation is 2. The summed E-state index contributed by atoms with van der Waals surface area (Å²) in [5.74, 6) is -0.944. The van der Waals surface area contributed by atoms with E-state index in [1.54, 1.807) is 12.1 Å². The van der Waals surface area contributed by atoms with E-state index in [2.05, 4.69) is 4.98 Å². The van der Waals surface area contributed by atoms with Crippen LogP contribution in [0.4, 0.5) is 0 Å². The monoisotopic (exact) mass is 295 g/mol. The van der Waals surface area contributed by atoms with Gasteiger partial charge in [0.25, 0.3) is 20.2 Å². The van der Waals surface area contributed by atoms with E-state index < -0.39 is 31.7 Å². The quantitative estimate of drug-likeness (QED) is 0.705. The fourth-order valence-electron chi connectivity index (χ4n) is 1.39. The standard InChI is InChI=1S/C9H13NO6S2/c11-17(12,13)6-3-8-2-1-5-10-9(8)4-7-18(14,15)16/h1-2,5H,3-4,6-7H2,(H,11,12,13)(H,14,15,16). The maximum Gasteiger partial charge on any atom is 0.265 e. The molecule has 0 amide bonds. The molecule has 0 unspecified atom stereocenters. The van der Waals surface area contributed by atoms with Gasteiger partial charge in [-0.3, -0.25) is 14.1 Å². The average Bonchev–Trinajstić information content (AvgIpc) is 2.22. The zero-order chi connectivity index (χ0) is 13.8. The van der Waals surface area contributed by atoms with E-state index >= 15 is 0 Å². The molecule has 1 heterocycles. The summed E-state index contributed by atoms with van der Waals surface area (Å²) in [5, 5.41) is 0. The Hall–Kier alpha value is -1.03. The van der Waals surface area contributed by atoms with Crippen molar-refractivity contribution in [1.82, 2.24) is 4.98 Å². The maximum atomic E-state index is 10.6. The molecule has 1 rings (SSSR count). The number of hydrogen-bond acceptors (Lipinski definition) is 5. The molecule has 0 atom stereocenters. The van der Waals surface area contributed by atoms with E-state index in [1.165, 1.54) is 6.20 Å². The van der Waals surface area contributed by atoms with E-state index in [0.717, 1.165) is 0 Å². The van der Waals surface area contributed by atoms with E-state index in [1.807, 2.05) is 0 Å². The molecule has 0 fully saturated rings. The SMILES string of the molecule is O=S(=O)(O)CCc1cccnc1CCS(=O)(=O)O. The van der Waals surface area contributed by atoms with Gasteiger partial charge in [0, 0.05) is 18.3 Å². The molecule has 0 aliphatic carbocycles. The maximum absolute atomic E-state index is 10.6. The summed E-state index contributed by atoms with van der Waals surface area (Å²) in [5.41, 5.74) is 0.914. The molecule has 0 aliphatic heterocycles. The van der Waals surface area contributed by atoms with Crippen LogP contribution in [-0.4, -0.2) is 42.4 Å². The molecular weight excluding hydrogens is 282 g/mol. The molecule has 1 aromatic heterocycles. The molecule has 9 heteroatoms. The second-order valence-corrected chi connectivity index (χ2v) is 6.83. The van der Waals surface area contributed by atoms with Crippen molar-refractivity contribution in [1.29, 1.82) is 0 Å². The summed E-state index contributed by atoms with van der Waals surface area (Å²) in [7, 11) is -8.17. The molecule has 18 heavy (non-hydrogen) atoms. The molecule has 7 nitrogen and oxygen atoms in total. The van der Waals surface area contributed by atoms with E-state index in [0.29, 0.717) is 11.3 Å². The van der Waals surface area contributed by atoms with Crippen LogP contribution in [0.5, 0.6) is 0 Å². The molecule has 2 N–H and O–H groups in total. The van der Waals surface area contributed by atoms with Crippen molar-refractivity contribution >= 4 is 20.2 Å². The zero-order valence-corrected chi connectivity index (χ0v) is 11.0. The van der Waals surface area contributed by atoms with Crippen molar-refractivity contribution in [2.45, 2.75) is 12.8 Å². The molecular formula is C9H13NO6S2. The Morgan fingerprint density at radius 1 is 1.00 bits per heavy atom. The summed E-state index contributed by atoms with van der Waals surface area (Å²) >= 11 is 0. The van der Waals surface area contributed by atoms with Gasteiger partial charge in [-0.1, -0.05) is 6.07 Å². The first kappa shape index (κ1) is 15.0. The Morgan fingerprint density at radius 2 is 1.56 bits per heavy atom. The van der Waals surface area contributed by atoms with Crippen LogP contribution < -0.4 is 0 Å². The highest BCUT2D eigenvalue weighted by Gasteiger charge is 2.12. The summed E-state index contributed by atoms with van der Waals surface area (Å²) in [4.78, 5) is 3.93. The Bertz CT molecular complexity index is 553. The molecule has 0 spiro atoms. The van der Waals surface area contributed by atoms with Gasteiger partial charge in [-0.15, -0.1) is 0 Å². The van der Waals surface area contributed by atoms with Crippen LogP contribution in [0.1, 0.15) is 11.3 Å². The minimum atomic E-state index is -4.09. The Kier molecular flexibility index (Phi) is 4.79. The number of nitrogens with zero attached hydrogens (tertiary/aromatic N) is 1. The Morgan fingerprint density at radius 3 is 2.11 bits per heavy atom. The van der Waals surface area contributed by atoms with Crippen LogP contribution in [0.3, 0.4) is 0 Å². The fourth-order valence-corrected chi connectivity index (χ4v) is 2.32. The third-order valence-electron chi connectivity index (χ3n) is 2.21. The van der Waals surface area contributed by atoms with Gasteiger partial charge in [0.2, 0.25) is 0 Å². The van der Waals surface area contributed by atoms with Crippen molar-refractivity contribution in [3.8, 4) is 0 Å². The summed E-state index contributed by atoms with van der Waals surface area (Å²) in [6.45, 7) is 0. The predicted octanol–water partition coefficient (Wildman–Crippen LogP) is -0.0578. The highest BCUT2D eigenvalue weighted by molar-refractivity contribution is 7.86. The molecule has 1 aromatic rings. The zero-order valence-electron chi connectivity index (χ0n) is 9.35. The van der Waals surface area contributed by atoms with Crippen LogP contribution in [0.25, 0.3) is 0 Å². The van der Waals surface area contributed by atoms with Crippen molar-refractivity contribution in [2.24, 2.45) is 0 Å². The smallest absolute Gasteiger partial charge is 0.265 e. The highest BCUT2D eigenvalue weighted by atomic mass is 32.2. The van der Waals surface area contributed by atoms with E-state index in [-0.39, 0.29) is 12.8 Å². The third-order valence-corrected chi connectivity index (χ3v) is 3.65. The van der Waals surface area contributed by atoms with E-state index in [4.69, 9.17) is 9.11 Å². The van der Waals surface area contributed by atoms with Gasteiger partial charge in [0.05, 0.1) is 11.5 Å². The average molecular weight is 295 g/mol. The molecule has 0 aromatic carbocycles. The lowest BCUT2D eigenvalue weighted by molar-refractivity contribution is 0.479. The second kappa shape index (κ2) is 5.74. The van der Waals surface area contributed by atoms with Gasteiger partial charge in [0.15, 0.2) is 0 Å². The first-order chi connectivity index (χ1) is 8.17. The van der Waals surface area contributed by atoms with Gasteiger partial charge in [0.1, 0.15) is 0 Å². The lowest BCUT2D eigenvalue weighted by atomic mass is 10.1. The molecule has 0 radical (unpaired) electrons. The lowest BCUT2D eigenvalue weighted by Crippen LogP contribution is -2.12. The normalized spacial score (nSPS) is 12.6. The molecule has 0 saturated carbocycles. The van der Waals surface area contributed by atoms with E-state index in [9.17, 15) is 16.8 Å². The number of pyridine rings is 1. The van der Waals surface area contributed by atoms with Crippen LogP contribution in [0, 0.1) is 0 Å². The predicted molar refractivity (Wildman–Crippen MR) is 64.5 cm³/mol. The van der Waals surface area contributed by atoms with Crippen LogP contribution in [-0.2, 0) is 33.1 Å². The van der Waals surface area contributed by atoms with Crippen LogP contribution in [0.2, 0.25) is 0 Å². The first-order valence-electron chi connectivity index (χ1n) is 5.00. The minimum absolute atomic E-state index is 0.0134. The molecule has 0 aliphatic rings. The van der Waals surface area contributed by atoms with Crippen molar-refractivity contribution < 1.29 is 25.9 Å². The topological polar surface area (TPSA) is 122 Å². The Labute approximate surface area is 105 Å². The fraction of sp³-hybridized carbons (Fsp3) is 0.444. The largest absolute Gasteiger partial charge is 0.286 e. The van der Waals surface area contributed by atoms with Gasteiger partial charge < -0.3 is 0 Å². The van der Waals surface area contributed by atoms with Gasteiger partial charge in [-0.05, 0) is 18.1 Å². The number of hydrogen-bond donors (Lipinski definition) is 2. The van der Waals surface area contributed by atoms with Crippen molar-refractivity contribution in [3.05, 3.63) is 29.6 Å². The number of rotatable bonds is 6. The molecule has 102 valence electrons. The van der Waals surface area contributed by atoms with Gasteiger partial charge in [-0.2, -0.15) is 16.8 Å². The highest BCUT2D eigenvalue weighted by Crippen LogP contribution is 2.09. The number of aromatic nitrogens is 1. The third kappa shape index (κ3) is 6.05. The van der Waals surface area contributed by atoms with Gasteiger partial charge in [-0.25, -0.2) is 0 Å². The molecule has 0 saturated heterocycles. The summed E-state index contributed by atoms with van der Waals surface area (Å²) in [6, 6.07) is 3.17. The molecule has 0 bridgehead atoms.